The van der Waals surface area contributed by atoms with Gasteiger partial charge in [-0.15, -0.1) is 0 Å². The molecule has 1 atom stereocenters. The standard InChI is InChI=1S/C22H24N2O3/c1-15-4-2-3-5-18(15)14-24(27)20(25)17-7-6-16-8-9-22(13-19(16)12-17)10-11-23-21(22)26/h2-7,12,27H,8-11,13-14H2,1H3,(H,23,26)/t22-/m1/s1. The van der Waals surface area contributed by atoms with Crippen LogP contribution in [0.25, 0.3) is 0 Å². The molecule has 1 aliphatic carbocycles. The van der Waals surface area contributed by atoms with E-state index in [2.05, 4.69) is 5.32 Å². The first-order valence-corrected chi connectivity index (χ1v) is 9.44. The molecular weight excluding hydrogens is 340 g/mol. The van der Waals surface area contributed by atoms with Crippen LogP contribution >= 0.6 is 0 Å². The van der Waals surface area contributed by atoms with Gasteiger partial charge in [-0.1, -0.05) is 30.3 Å². The van der Waals surface area contributed by atoms with Crippen molar-refractivity contribution in [2.45, 2.75) is 39.2 Å². The van der Waals surface area contributed by atoms with E-state index in [0.29, 0.717) is 12.0 Å². The highest BCUT2D eigenvalue weighted by atomic mass is 16.5. The van der Waals surface area contributed by atoms with Crippen molar-refractivity contribution in [2.75, 3.05) is 6.54 Å². The molecule has 2 amide bonds. The fraction of sp³-hybridized carbons (Fsp3) is 0.364. The van der Waals surface area contributed by atoms with E-state index < -0.39 is 5.91 Å². The Morgan fingerprint density at radius 2 is 2.00 bits per heavy atom. The Hall–Kier alpha value is -2.66. The van der Waals surface area contributed by atoms with Crippen LogP contribution in [0, 0.1) is 12.3 Å². The number of nitrogens with one attached hydrogen (secondary N) is 1. The van der Waals surface area contributed by atoms with E-state index in [9.17, 15) is 14.8 Å². The molecule has 0 aromatic heterocycles. The van der Waals surface area contributed by atoms with Crippen LogP contribution in [0.15, 0.2) is 42.5 Å². The van der Waals surface area contributed by atoms with Gasteiger partial charge in [-0.25, -0.2) is 5.06 Å². The van der Waals surface area contributed by atoms with E-state index in [1.807, 2.05) is 43.3 Å². The van der Waals surface area contributed by atoms with E-state index in [4.69, 9.17) is 0 Å². The van der Waals surface area contributed by atoms with Crippen LogP contribution in [0.3, 0.4) is 0 Å². The number of aryl methyl sites for hydroxylation is 2. The molecule has 2 aliphatic rings. The average molecular weight is 364 g/mol. The first kappa shape index (κ1) is 17.7. The second kappa shape index (κ2) is 6.82. The van der Waals surface area contributed by atoms with Gasteiger partial charge >= 0.3 is 0 Å². The van der Waals surface area contributed by atoms with Gasteiger partial charge in [0.05, 0.1) is 12.0 Å². The van der Waals surface area contributed by atoms with Crippen LogP contribution in [-0.4, -0.2) is 28.6 Å². The highest BCUT2D eigenvalue weighted by Crippen LogP contribution is 2.41. The number of hydroxylamine groups is 2. The Balaban J connectivity index is 1.55. The summed E-state index contributed by atoms with van der Waals surface area (Å²) in [6.45, 7) is 2.83. The molecule has 2 N–H and O–H groups in total. The van der Waals surface area contributed by atoms with Gasteiger partial charge in [-0.3, -0.25) is 14.8 Å². The Kier molecular flexibility index (Phi) is 4.48. The summed E-state index contributed by atoms with van der Waals surface area (Å²) in [5.74, 6) is -0.287. The maximum absolute atomic E-state index is 12.7. The average Bonchev–Trinajstić information content (AvgIpc) is 3.02. The van der Waals surface area contributed by atoms with Crippen molar-refractivity contribution in [3.8, 4) is 0 Å². The summed E-state index contributed by atoms with van der Waals surface area (Å²) in [5, 5.41) is 14.0. The van der Waals surface area contributed by atoms with Crippen LogP contribution in [0.5, 0.6) is 0 Å². The smallest absolute Gasteiger partial charge is 0.277 e. The third kappa shape index (κ3) is 3.23. The molecule has 0 radical (unpaired) electrons. The molecule has 0 saturated carbocycles. The molecule has 1 aliphatic heterocycles. The first-order chi connectivity index (χ1) is 13.0. The molecule has 5 nitrogen and oxygen atoms in total. The summed E-state index contributed by atoms with van der Waals surface area (Å²) in [4.78, 5) is 25.0. The fourth-order valence-corrected chi connectivity index (χ4v) is 4.29. The summed E-state index contributed by atoms with van der Waals surface area (Å²) >= 11 is 0. The third-order valence-corrected chi connectivity index (χ3v) is 6.04. The van der Waals surface area contributed by atoms with Crippen LogP contribution in [0.2, 0.25) is 0 Å². The number of nitrogens with zero attached hydrogens (tertiary/aromatic N) is 1. The van der Waals surface area contributed by atoms with Crippen molar-refractivity contribution in [1.82, 2.24) is 10.4 Å². The summed E-state index contributed by atoms with van der Waals surface area (Å²) in [7, 11) is 0. The van der Waals surface area contributed by atoms with Crippen molar-refractivity contribution < 1.29 is 14.8 Å². The van der Waals surface area contributed by atoms with Crippen molar-refractivity contribution in [2.24, 2.45) is 5.41 Å². The SMILES string of the molecule is Cc1ccccc1CN(O)C(=O)c1ccc2c(c1)C[C@]1(CCNC1=O)CC2. The molecule has 0 bridgehead atoms. The maximum atomic E-state index is 12.7. The van der Waals surface area contributed by atoms with Gasteiger partial charge in [0.2, 0.25) is 5.91 Å². The molecule has 27 heavy (non-hydrogen) atoms. The second-order valence-electron chi connectivity index (χ2n) is 7.74. The van der Waals surface area contributed by atoms with Gasteiger partial charge in [0.15, 0.2) is 0 Å². The lowest BCUT2D eigenvalue weighted by Gasteiger charge is -2.32. The number of amides is 2. The highest BCUT2D eigenvalue weighted by molar-refractivity contribution is 5.94. The van der Waals surface area contributed by atoms with Crippen LogP contribution in [0.1, 0.15) is 45.5 Å². The lowest BCUT2D eigenvalue weighted by molar-refractivity contribution is -0.128. The summed E-state index contributed by atoms with van der Waals surface area (Å²) in [6.07, 6.45) is 3.23. The molecule has 5 heteroatoms. The molecule has 4 rings (SSSR count). The van der Waals surface area contributed by atoms with E-state index in [-0.39, 0.29) is 17.9 Å². The zero-order chi connectivity index (χ0) is 19.0. The van der Waals surface area contributed by atoms with Crippen molar-refractivity contribution in [3.05, 3.63) is 70.3 Å². The number of fused-ring (bicyclic) bond motifs is 1. The predicted octanol–water partition coefficient (Wildman–Crippen LogP) is 3.02. The van der Waals surface area contributed by atoms with Gasteiger partial charge in [-0.05, 0) is 67.0 Å². The van der Waals surface area contributed by atoms with Crippen molar-refractivity contribution >= 4 is 11.8 Å². The van der Waals surface area contributed by atoms with Crippen LogP contribution < -0.4 is 5.32 Å². The van der Waals surface area contributed by atoms with E-state index >= 15 is 0 Å². The molecule has 0 unspecified atom stereocenters. The lowest BCUT2D eigenvalue weighted by Crippen LogP contribution is -2.36. The molecular formula is C22H24N2O3. The maximum Gasteiger partial charge on any atom is 0.277 e. The lowest BCUT2D eigenvalue weighted by atomic mass is 9.70. The number of carbonyl (C=O) groups excluding carboxylic acids is 2. The Morgan fingerprint density at radius 1 is 1.19 bits per heavy atom. The minimum Gasteiger partial charge on any atom is -0.356 e. The van der Waals surface area contributed by atoms with Gasteiger partial charge in [0.1, 0.15) is 0 Å². The molecule has 1 spiro atoms. The van der Waals surface area contributed by atoms with Crippen LogP contribution in [0.4, 0.5) is 0 Å². The number of hydrogen-bond donors (Lipinski definition) is 2. The van der Waals surface area contributed by atoms with Crippen molar-refractivity contribution in [3.63, 3.8) is 0 Å². The largest absolute Gasteiger partial charge is 0.356 e. The first-order valence-electron chi connectivity index (χ1n) is 9.44. The third-order valence-electron chi connectivity index (χ3n) is 6.04. The van der Waals surface area contributed by atoms with Gasteiger partial charge in [0.25, 0.3) is 5.91 Å². The Bertz CT molecular complexity index is 908. The fourth-order valence-electron chi connectivity index (χ4n) is 4.29. The topological polar surface area (TPSA) is 69.6 Å². The molecule has 2 aromatic rings. The minimum atomic E-state index is -0.420. The molecule has 140 valence electrons. The normalized spacial score (nSPS) is 21.0. The van der Waals surface area contributed by atoms with Crippen LogP contribution in [-0.2, 0) is 24.2 Å². The summed E-state index contributed by atoms with van der Waals surface area (Å²) < 4.78 is 0. The zero-order valence-electron chi connectivity index (χ0n) is 15.5. The molecule has 1 saturated heterocycles. The number of carbonyl (C=O) groups is 2. The monoisotopic (exact) mass is 364 g/mol. The predicted molar refractivity (Wildman–Crippen MR) is 101 cm³/mol. The number of rotatable bonds is 3. The summed E-state index contributed by atoms with van der Waals surface area (Å²) in [5.41, 5.74) is 4.32. The molecule has 1 fully saturated rings. The summed E-state index contributed by atoms with van der Waals surface area (Å²) in [6, 6.07) is 13.3. The van der Waals surface area contributed by atoms with Gasteiger partial charge in [-0.2, -0.15) is 0 Å². The highest BCUT2D eigenvalue weighted by Gasteiger charge is 2.44. The second-order valence-corrected chi connectivity index (χ2v) is 7.74. The Morgan fingerprint density at radius 3 is 2.74 bits per heavy atom. The van der Waals surface area contributed by atoms with Gasteiger partial charge < -0.3 is 5.32 Å². The number of benzene rings is 2. The Labute approximate surface area is 159 Å². The molecule has 2 aromatic carbocycles. The zero-order valence-corrected chi connectivity index (χ0v) is 15.5. The minimum absolute atomic E-state index is 0.133. The van der Waals surface area contributed by atoms with Gasteiger partial charge in [0, 0.05) is 12.1 Å². The quantitative estimate of drug-likeness (QED) is 0.650. The van der Waals surface area contributed by atoms with E-state index in [1.54, 1.807) is 6.07 Å². The molecule has 1 heterocycles. The van der Waals surface area contributed by atoms with Crippen molar-refractivity contribution in [1.29, 1.82) is 0 Å². The number of hydrogen-bond acceptors (Lipinski definition) is 3. The van der Waals surface area contributed by atoms with E-state index in [0.717, 1.165) is 47.6 Å². The van der Waals surface area contributed by atoms with E-state index in [1.165, 1.54) is 5.56 Å².